The number of aliphatic hydroxyl groups excluding tert-OH is 1. The fourth-order valence-corrected chi connectivity index (χ4v) is 9.21. The molecule has 2 saturated heterocycles. The highest BCUT2D eigenvalue weighted by molar-refractivity contribution is 5.33. The summed E-state index contributed by atoms with van der Waals surface area (Å²) in [5.74, 6) is 3.69. The molecular formula is C28H43NO2. The van der Waals surface area contributed by atoms with E-state index in [1.54, 1.807) is 16.7 Å². The van der Waals surface area contributed by atoms with Crippen molar-refractivity contribution in [2.45, 2.75) is 109 Å². The zero-order chi connectivity index (χ0) is 21.5. The molecule has 2 aliphatic heterocycles. The zero-order valence-corrected chi connectivity index (χ0v) is 20.1. The molecule has 3 heteroatoms. The summed E-state index contributed by atoms with van der Waals surface area (Å²) < 4.78 is 7.01. The molecule has 1 spiro atoms. The van der Waals surface area contributed by atoms with Crippen molar-refractivity contribution in [3.05, 3.63) is 22.8 Å². The number of aliphatic hydroxyl groups is 1. The predicted octanol–water partition coefficient (Wildman–Crippen LogP) is 5.39. The molecule has 4 aliphatic carbocycles. The maximum atomic E-state index is 10.3. The third kappa shape index (κ3) is 3.02. The van der Waals surface area contributed by atoms with Gasteiger partial charge in [0.25, 0.3) is 0 Å². The Labute approximate surface area is 189 Å². The van der Waals surface area contributed by atoms with Crippen LogP contribution in [0.15, 0.2) is 22.8 Å². The molecule has 6 rings (SSSR count). The number of rotatable bonds is 0. The Morgan fingerprint density at radius 1 is 1.16 bits per heavy atom. The molecule has 0 bridgehead atoms. The summed E-state index contributed by atoms with van der Waals surface area (Å²) in [5, 5.41) is 14.1. The van der Waals surface area contributed by atoms with Crippen molar-refractivity contribution in [3.8, 4) is 0 Å². The summed E-state index contributed by atoms with van der Waals surface area (Å²) in [6.07, 6.45) is 13.4. The van der Waals surface area contributed by atoms with Gasteiger partial charge in [-0.1, -0.05) is 43.6 Å². The largest absolute Gasteiger partial charge is 0.393 e. The van der Waals surface area contributed by atoms with Gasteiger partial charge in [0, 0.05) is 12.0 Å². The standard InChI is InChI=1S/C28H43NO2/c1-16-11-25-26(29-15-16)18(3)28(31-25)10-8-21-22-6-5-19-12-20(30)7-9-27(19,4)24(22)13-23(21)17(2)14-28/h5,16,18,20-22,24-26,29-30H,6-15H2,1-4H3/t16?,18-,20+,21+,22-,24+,25-,26+,27+,28+/m1/s1. The van der Waals surface area contributed by atoms with Crippen LogP contribution < -0.4 is 5.32 Å². The van der Waals surface area contributed by atoms with Crippen molar-refractivity contribution >= 4 is 0 Å². The Kier molecular flexibility index (Phi) is 4.85. The van der Waals surface area contributed by atoms with Crippen LogP contribution in [0.2, 0.25) is 0 Å². The molecular weight excluding hydrogens is 382 g/mol. The first-order valence-electron chi connectivity index (χ1n) is 13.3. The molecule has 0 aromatic carbocycles. The van der Waals surface area contributed by atoms with Crippen LogP contribution >= 0.6 is 0 Å². The first-order chi connectivity index (χ1) is 14.8. The van der Waals surface area contributed by atoms with Gasteiger partial charge in [-0.3, -0.25) is 0 Å². The number of hydrogen-bond acceptors (Lipinski definition) is 3. The normalized spacial score (nSPS) is 54.0. The summed E-state index contributed by atoms with van der Waals surface area (Å²) in [6.45, 7) is 11.0. The number of ether oxygens (including phenoxy) is 1. The Bertz CT molecular complexity index is 816. The van der Waals surface area contributed by atoms with Crippen LogP contribution in [0.1, 0.15) is 85.5 Å². The fraction of sp³-hybridized carbons (Fsp3) is 0.857. The number of allylic oxidation sites excluding steroid dienone is 2. The maximum Gasteiger partial charge on any atom is 0.0765 e. The van der Waals surface area contributed by atoms with Crippen molar-refractivity contribution in [1.82, 2.24) is 5.32 Å². The third-order valence-corrected chi connectivity index (χ3v) is 11.0. The number of fused-ring (bicyclic) bond motifs is 6. The van der Waals surface area contributed by atoms with E-state index >= 15 is 0 Å². The lowest BCUT2D eigenvalue weighted by atomic mass is 9.56. The minimum Gasteiger partial charge on any atom is -0.393 e. The van der Waals surface area contributed by atoms with Gasteiger partial charge in [0.15, 0.2) is 0 Å². The second-order valence-corrected chi connectivity index (χ2v) is 12.7. The Morgan fingerprint density at radius 2 is 2.00 bits per heavy atom. The quantitative estimate of drug-likeness (QED) is 0.511. The van der Waals surface area contributed by atoms with Gasteiger partial charge in [0.05, 0.1) is 17.8 Å². The molecule has 172 valence electrons. The molecule has 0 amide bonds. The smallest absolute Gasteiger partial charge is 0.0765 e. The minimum absolute atomic E-state index is 0.0534. The van der Waals surface area contributed by atoms with E-state index in [9.17, 15) is 5.11 Å². The van der Waals surface area contributed by atoms with E-state index in [0.29, 0.717) is 23.5 Å². The average molecular weight is 426 g/mol. The molecule has 0 aromatic rings. The Morgan fingerprint density at radius 3 is 2.84 bits per heavy atom. The van der Waals surface area contributed by atoms with Crippen LogP contribution in [0.4, 0.5) is 0 Å². The van der Waals surface area contributed by atoms with Crippen molar-refractivity contribution in [2.75, 3.05) is 6.54 Å². The zero-order valence-electron chi connectivity index (χ0n) is 20.1. The molecule has 4 fully saturated rings. The van der Waals surface area contributed by atoms with Crippen molar-refractivity contribution in [1.29, 1.82) is 0 Å². The number of hydrogen-bond donors (Lipinski definition) is 2. The molecule has 0 aromatic heterocycles. The summed E-state index contributed by atoms with van der Waals surface area (Å²) >= 11 is 0. The van der Waals surface area contributed by atoms with E-state index in [1.165, 1.54) is 38.5 Å². The summed E-state index contributed by atoms with van der Waals surface area (Å²) in [6, 6.07) is 0.549. The highest BCUT2D eigenvalue weighted by atomic mass is 16.5. The van der Waals surface area contributed by atoms with Crippen LogP contribution in [-0.4, -0.2) is 35.5 Å². The van der Waals surface area contributed by atoms with E-state index in [0.717, 1.165) is 49.5 Å². The van der Waals surface area contributed by atoms with E-state index < -0.39 is 0 Å². The third-order valence-electron chi connectivity index (χ3n) is 11.0. The van der Waals surface area contributed by atoms with Crippen LogP contribution in [0.25, 0.3) is 0 Å². The van der Waals surface area contributed by atoms with Gasteiger partial charge in [-0.25, -0.2) is 0 Å². The highest BCUT2D eigenvalue weighted by Gasteiger charge is 2.58. The summed E-state index contributed by atoms with van der Waals surface area (Å²) in [7, 11) is 0. The predicted molar refractivity (Wildman–Crippen MR) is 125 cm³/mol. The van der Waals surface area contributed by atoms with Crippen molar-refractivity contribution in [3.63, 3.8) is 0 Å². The minimum atomic E-state index is -0.107. The second kappa shape index (κ2) is 7.18. The van der Waals surface area contributed by atoms with Crippen LogP contribution in [0, 0.1) is 35.0 Å². The van der Waals surface area contributed by atoms with Crippen LogP contribution in [0.5, 0.6) is 0 Å². The van der Waals surface area contributed by atoms with E-state index in [2.05, 4.69) is 39.1 Å². The van der Waals surface area contributed by atoms with E-state index in [-0.39, 0.29) is 11.7 Å². The second-order valence-electron chi connectivity index (χ2n) is 12.7. The highest BCUT2D eigenvalue weighted by Crippen LogP contribution is 2.63. The van der Waals surface area contributed by atoms with Gasteiger partial charge in [-0.15, -0.1) is 0 Å². The van der Waals surface area contributed by atoms with Gasteiger partial charge in [-0.05, 0) is 100 Å². The topological polar surface area (TPSA) is 41.5 Å². The first-order valence-corrected chi connectivity index (χ1v) is 13.3. The van der Waals surface area contributed by atoms with Gasteiger partial charge >= 0.3 is 0 Å². The van der Waals surface area contributed by atoms with Gasteiger partial charge in [0.1, 0.15) is 0 Å². The molecule has 6 aliphatic rings. The Balaban J connectivity index is 1.28. The summed E-state index contributed by atoms with van der Waals surface area (Å²) in [5.41, 5.74) is 5.43. The molecule has 2 N–H and O–H groups in total. The SMILES string of the molecule is CC1=C2C[C@H]3[C@H](CC=C4C[C@@H](O)CC[C@@]43C)[C@@H]2CC[C@@]2(C1)O[C@@H]1CC(C)CN[C@H]1[C@H]2C. The molecule has 10 atom stereocenters. The number of piperidine rings is 1. The van der Waals surface area contributed by atoms with Gasteiger partial charge in [-0.2, -0.15) is 0 Å². The molecule has 3 nitrogen and oxygen atoms in total. The maximum absolute atomic E-state index is 10.3. The monoisotopic (exact) mass is 425 g/mol. The lowest BCUT2D eigenvalue weighted by Crippen LogP contribution is -2.48. The number of nitrogens with one attached hydrogen (secondary N) is 1. The Hall–Kier alpha value is -0.640. The molecule has 0 radical (unpaired) electrons. The van der Waals surface area contributed by atoms with Crippen LogP contribution in [0.3, 0.4) is 0 Å². The molecule has 2 saturated carbocycles. The van der Waals surface area contributed by atoms with E-state index in [1.807, 2.05) is 0 Å². The van der Waals surface area contributed by atoms with Crippen molar-refractivity contribution in [2.24, 2.45) is 35.0 Å². The lowest BCUT2D eigenvalue weighted by molar-refractivity contribution is -0.0720. The average Bonchev–Trinajstić information content (AvgIpc) is 3.19. The van der Waals surface area contributed by atoms with Gasteiger partial charge in [0.2, 0.25) is 0 Å². The lowest BCUT2D eigenvalue weighted by Gasteiger charge is -2.49. The molecule has 31 heavy (non-hydrogen) atoms. The first kappa shape index (κ1) is 20.9. The molecule has 2 heterocycles. The molecule has 1 unspecified atom stereocenters. The summed E-state index contributed by atoms with van der Waals surface area (Å²) in [4.78, 5) is 0. The van der Waals surface area contributed by atoms with Crippen molar-refractivity contribution < 1.29 is 9.84 Å². The fourth-order valence-electron chi connectivity index (χ4n) is 9.21. The van der Waals surface area contributed by atoms with Gasteiger partial charge < -0.3 is 15.2 Å². The van der Waals surface area contributed by atoms with Crippen LogP contribution in [-0.2, 0) is 4.74 Å². The van der Waals surface area contributed by atoms with E-state index in [4.69, 9.17) is 4.74 Å².